The second kappa shape index (κ2) is 8.77. The molecular formula is C25H20ClN3O3. The fraction of sp³-hybridized carbons (Fsp3) is 0.120. The number of ketones is 1. The summed E-state index contributed by atoms with van der Waals surface area (Å²) in [6, 6.07) is 17.2. The van der Waals surface area contributed by atoms with E-state index in [0.717, 1.165) is 5.56 Å². The molecule has 32 heavy (non-hydrogen) atoms. The molecular weight excluding hydrogens is 426 g/mol. The van der Waals surface area contributed by atoms with Crippen LogP contribution in [0.25, 0.3) is 11.0 Å². The van der Waals surface area contributed by atoms with Crippen molar-refractivity contribution in [2.24, 2.45) is 0 Å². The molecule has 0 aliphatic heterocycles. The Balaban J connectivity index is 1.77. The van der Waals surface area contributed by atoms with Gasteiger partial charge in [0.2, 0.25) is 11.3 Å². The number of anilines is 1. The van der Waals surface area contributed by atoms with E-state index in [1.807, 2.05) is 25.1 Å². The first-order valence-corrected chi connectivity index (χ1v) is 10.4. The van der Waals surface area contributed by atoms with Crippen LogP contribution in [0.5, 0.6) is 0 Å². The molecule has 0 aliphatic carbocycles. The average Bonchev–Trinajstić information content (AvgIpc) is 2.75. The number of fused-ring (bicyclic) bond motifs is 1. The Kier molecular flexibility index (Phi) is 5.88. The fourth-order valence-corrected chi connectivity index (χ4v) is 3.70. The van der Waals surface area contributed by atoms with Crippen LogP contribution in [0, 0.1) is 13.8 Å². The summed E-state index contributed by atoms with van der Waals surface area (Å²) >= 11 is 6.02. The van der Waals surface area contributed by atoms with Gasteiger partial charge in [-0.2, -0.15) is 0 Å². The van der Waals surface area contributed by atoms with Crippen LogP contribution in [0.1, 0.15) is 27.2 Å². The highest BCUT2D eigenvalue weighted by atomic mass is 35.5. The molecule has 2 aromatic carbocycles. The third-order valence-electron chi connectivity index (χ3n) is 5.01. The van der Waals surface area contributed by atoms with E-state index < -0.39 is 11.2 Å². The van der Waals surface area contributed by atoms with Gasteiger partial charge in [0.15, 0.2) is 5.78 Å². The zero-order valence-electron chi connectivity index (χ0n) is 17.6. The number of halogens is 1. The summed E-state index contributed by atoms with van der Waals surface area (Å²) in [5.74, 6) is -0.766. The number of hydrogen-bond acceptors (Lipinski definition) is 4. The zero-order valence-corrected chi connectivity index (χ0v) is 18.3. The highest BCUT2D eigenvalue weighted by molar-refractivity contribution is 6.31. The summed E-state index contributed by atoms with van der Waals surface area (Å²) < 4.78 is 1.53. The van der Waals surface area contributed by atoms with E-state index in [2.05, 4.69) is 10.3 Å². The first-order chi connectivity index (χ1) is 15.3. The van der Waals surface area contributed by atoms with E-state index in [0.29, 0.717) is 27.6 Å². The van der Waals surface area contributed by atoms with Gasteiger partial charge in [-0.1, -0.05) is 35.9 Å². The highest BCUT2D eigenvalue weighted by Crippen LogP contribution is 2.17. The van der Waals surface area contributed by atoms with E-state index >= 15 is 0 Å². The molecule has 0 atom stereocenters. The van der Waals surface area contributed by atoms with Crippen molar-refractivity contribution in [2.75, 3.05) is 5.32 Å². The third kappa shape index (κ3) is 4.45. The third-order valence-corrected chi connectivity index (χ3v) is 5.24. The lowest BCUT2D eigenvalue weighted by Gasteiger charge is -2.13. The van der Waals surface area contributed by atoms with Crippen LogP contribution in [0.3, 0.4) is 0 Å². The number of benzene rings is 2. The van der Waals surface area contributed by atoms with Gasteiger partial charge in [0.25, 0.3) is 0 Å². The van der Waals surface area contributed by atoms with Gasteiger partial charge >= 0.3 is 0 Å². The van der Waals surface area contributed by atoms with E-state index in [1.54, 1.807) is 43.3 Å². The summed E-state index contributed by atoms with van der Waals surface area (Å²) in [5, 5.41) is 3.51. The molecule has 7 heteroatoms. The minimum Gasteiger partial charge on any atom is -0.325 e. The molecule has 0 saturated carbocycles. The molecule has 0 spiro atoms. The van der Waals surface area contributed by atoms with Crippen molar-refractivity contribution in [3.05, 3.63) is 104 Å². The van der Waals surface area contributed by atoms with Crippen molar-refractivity contribution in [2.45, 2.75) is 20.4 Å². The van der Waals surface area contributed by atoms with Crippen LogP contribution in [0.4, 0.5) is 5.69 Å². The molecule has 1 amide bonds. The zero-order chi connectivity index (χ0) is 22.8. The molecule has 0 bridgehead atoms. The molecule has 2 aromatic heterocycles. The number of aromatic nitrogens is 2. The van der Waals surface area contributed by atoms with Crippen LogP contribution in [-0.2, 0) is 11.3 Å². The van der Waals surface area contributed by atoms with Crippen LogP contribution in [-0.4, -0.2) is 21.2 Å². The molecule has 4 rings (SSSR count). The van der Waals surface area contributed by atoms with Gasteiger partial charge in [0.1, 0.15) is 12.2 Å². The lowest BCUT2D eigenvalue weighted by molar-refractivity contribution is -0.116. The predicted molar refractivity (Wildman–Crippen MR) is 125 cm³/mol. The van der Waals surface area contributed by atoms with Gasteiger partial charge in [-0.25, -0.2) is 4.98 Å². The van der Waals surface area contributed by atoms with Crippen molar-refractivity contribution in [1.82, 2.24) is 9.55 Å². The first kappa shape index (κ1) is 21.5. The smallest absolute Gasteiger partial charge is 0.244 e. The molecule has 1 N–H and O–H groups in total. The molecule has 0 saturated heterocycles. The van der Waals surface area contributed by atoms with E-state index in [4.69, 9.17) is 11.6 Å². The largest absolute Gasteiger partial charge is 0.325 e. The van der Waals surface area contributed by atoms with Gasteiger partial charge in [-0.15, -0.1) is 0 Å². The van der Waals surface area contributed by atoms with Crippen molar-refractivity contribution in [3.63, 3.8) is 0 Å². The van der Waals surface area contributed by atoms with Crippen LogP contribution >= 0.6 is 11.6 Å². The molecule has 0 fully saturated rings. The molecule has 6 nitrogen and oxygen atoms in total. The van der Waals surface area contributed by atoms with Crippen molar-refractivity contribution < 1.29 is 9.59 Å². The summed E-state index contributed by atoms with van der Waals surface area (Å²) in [4.78, 5) is 43.4. The summed E-state index contributed by atoms with van der Waals surface area (Å²) in [6.45, 7) is 3.62. The van der Waals surface area contributed by atoms with Gasteiger partial charge in [-0.05, 0) is 55.8 Å². The number of rotatable bonds is 5. The number of aryl methyl sites for hydroxylation is 2. The Morgan fingerprint density at radius 2 is 1.81 bits per heavy atom. The quantitative estimate of drug-likeness (QED) is 0.457. The Morgan fingerprint density at radius 1 is 1.03 bits per heavy atom. The predicted octanol–water partition coefficient (Wildman–Crippen LogP) is 4.54. The number of pyridine rings is 2. The Labute approximate surface area is 189 Å². The normalized spacial score (nSPS) is 10.8. The number of carbonyl (C=O) groups is 2. The number of amides is 1. The van der Waals surface area contributed by atoms with E-state index in [1.165, 1.54) is 16.8 Å². The average molecular weight is 446 g/mol. The van der Waals surface area contributed by atoms with E-state index in [9.17, 15) is 14.4 Å². The minimum absolute atomic E-state index is 0.0474. The topological polar surface area (TPSA) is 81.1 Å². The van der Waals surface area contributed by atoms with Crippen LogP contribution in [0.2, 0.25) is 5.02 Å². The minimum atomic E-state index is -0.465. The highest BCUT2D eigenvalue weighted by Gasteiger charge is 2.19. The van der Waals surface area contributed by atoms with Crippen molar-refractivity contribution in [3.8, 4) is 0 Å². The summed E-state index contributed by atoms with van der Waals surface area (Å²) in [6.07, 6.45) is 1.40. The molecule has 160 valence electrons. The van der Waals surface area contributed by atoms with Crippen LogP contribution < -0.4 is 10.7 Å². The van der Waals surface area contributed by atoms with Crippen molar-refractivity contribution in [1.29, 1.82) is 0 Å². The summed E-state index contributed by atoms with van der Waals surface area (Å²) in [5.41, 5.74) is 2.53. The molecule has 2 heterocycles. The Bertz CT molecular complexity index is 1430. The SMILES string of the molecule is Cc1cccc(NC(=O)Cn2cc(C(=O)c3cccc(Cl)c3)c(=O)c3ccc(C)nc32)c1. The second-order valence-electron chi connectivity index (χ2n) is 7.58. The maximum Gasteiger partial charge on any atom is 0.244 e. The number of nitrogens with zero attached hydrogens (tertiary/aromatic N) is 2. The Hall–Kier alpha value is -3.77. The second-order valence-corrected chi connectivity index (χ2v) is 8.02. The maximum atomic E-state index is 13.1. The maximum absolute atomic E-state index is 13.1. The lowest BCUT2D eigenvalue weighted by Crippen LogP contribution is -2.25. The number of nitrogens with one attached hydrogen (secondary N) is 1. The van der Waals surface area contributed by atoms with Gasteiger partial charge in [0.05, 0.1) is 10.9 Å². The van der Waals surface area contributed by atoms with Gasteiger partial charge in [-0.3, -0.25) is 14.4 Å². The molecule has 0 unspecified atom stereocenters. The standard InChI is InChI=1S/C25H20ClN3O3/c1-15-5-3-8-19(11-15)28-22(30)14-29-13-21(23(31)17-6-4-7-18(26)12-17)24(32)20-10-9-16(2)27-25(20)29/h3-13H,14H2,1-2H3,(H,28,30). The van der Waals surface area contributed by atoms with Gasteiger partial charge in [0, 0.05) is 28.2 Å². The number of hydrogen-bond donors (Lipinski definition) is 1. The summed E-state index contributed by atoms with van der Waals surface area (Å²) in [7, 11) is 0. The monoisotopic (exact) mass is 445 g/mol. The molecule has 0 radical (unpaired) electrons. The molecule has 0 aliphatic rings. The van der Waals surface area contributed by atoms with Crippen molar-refractivity contribution >= 4 is 40.0 Å². The number of carbonyl (C=O) groups excluding carboxylic acids is 2. The molecule has 4 aromatic rings. The Morgan fingerprint density at radius 3 is 2.56 bits per heavy atom. The first-order valence-electron chi connectivity index (χ1n) is 9.99. The lowest BCUT2D eigenvalue weighted by atomic mass is 10.0. The van der Waals surface area contributed by atoms with Crippen LogP contribution in [0.15, 0.2) is 71.7 Å². The van der Waals surface area contributed by atoms with E-state index in [-0.39, 0.29) is 23.4 Å². The van der Waals surface area contributed by atoms with Gasteiger partial charge < -0.3 is 9.88 Å². The fourth-order valence-electron chi connectivity index (χ4n) is 3.51.